The number of nitrogens with zero attached hydrogens (tertiary/aromatic N) is 2. The Hall–Kier alpha value is -3.02. The lowest BCUT2D eigenvalue weighted by atomic mass is 10.1. The van der Waals surface area contributed by atoms with Crippen LogP contribution in [0, 0.1) is 5.82 Å². The van der Waals surface area contributed by atoms with Crippen molar-refractivity contribution in [1.82, 2.24) is 14.9 Å². The number of benzene rings is 2. The molecule has 0 fully saturated rings. The minimum Gasteiger partial charge on any atom is -0.347 e. The number of rotatable bonds is 13. The first kappa shape index (κ1) is 28.5. The Bertz CT molecular complexity index is 1260. The second-order valence-corrected chi connectivity index (χ2v) is 9.13. The highest BCUT2D eigenvalue weighted by molar-refractivity contribution is 6.44. The number of nitrogens with two attached hydrogens (primary N) is 2. The van der Waals surface area contributed by atoms with E-state index in [0.717, 1.165) is 25.9 Å². The van der Waals surface area contributed by atoms with Crippen molar-refractivity contribution in [3.8, 4) is 11.1 Å². The zero-order valence-corrected chi connectivity index (χ0v) is 21.7. The van der Waals surface area contributed by atoms with Gasteiger partial charge >= 0.3 is 0 Å². The third kappa shape index (κ3) is 8.24. The fraction of sp³-hybridized carbons (Fsp3) is 0.320. The summed E-state index contributed by atoms with van der Waals surface area (Å²) < 4.78 is 14.9. The second kappa shape index (κ2) is 14.1. The van der Waals surface area contributed by atoms with E-state index in [9.17, 15) is 14.0 Å². The summed E-state index contributed by atoms with van der Waals surface area (Å²) in [4.78, 5) is 33.7. The summed E-state index contributed by atoms with van der Waals surface area (Å²) >= 11 is 12.0. The van der Waals surface area contributed by atoms with Crippen LogP contribution in [0.15, 0.2) is 47.4 Å². The molecule has 2 aromatic carbocycles. The van der Waals surface area contributed by atoms with Gasteiger partial charge in [0.15, 0.2) is 0 Å². The number of halogens is 3. The van der Waals surface area contributed by atoms with Gasteiger partial charge in [0.1, 0.15) is 5.82 Å². The molecule has 0 aliphatic rings. The Labute approximate surface area is 224 Å². The molecule has 0 bridgehead atoms. The molecule has 0 saturated heterocycles. The monoisotopic (exact) mass is 549 g/mol. The predicted molar refractivity (Wildman–Crippen MR) is 146 cm³/mol. The molecule has 1 heterocycles. The lowest BCUT2D eigenvalue weighted by Gasteiger charge is -2.22. The molecule has 0 radical (unpaired) electrons. The molecule has 0 saturated carbocycles. The summed E-state index contributed by atoms with van der Waals surface area (Å²) in [5.41, 5.74) is 12.2. The van der Waals surface area contributed by atoms with Crippen LogP contribution >= 0.6 is 23.2 Å². The minimum atomic E-state index is -0.476. The molecule has 7 N–H and O–H groups in total. The highest BCUT2D eigenvalue weighted by Crippen LogP contribution is 2.29. The fourth-order valence-corrected chi connectivity index (χ4v) is 3.98. The number of carbonyl (C=O) groups is 1. The van der Waals surface area contributed by atoms with Crippen molar-refractivity contribution in [1.29, 1.82) is 0 Å². The van der Waals surface area contributed by atoms with Crippen molar-refractivity contribution >= 4 is 40.7 Å². The van der Waals surface area contributed by atoms with Crippen molar-refractivity contribution in [2.75, 3.05) is 43.4 Å². The van der Waals surface area contributed by atoms with Gasteiger partial charge in [-0.25, -0.2) is 9.37 Å². The second-order valence-electron chi connectivity index (χ2n) is 8.34. The van der Waals surface area contributed by atoms with Crippen molar-refractivity contribution in [3.05, 3.63) is 74.4 Å². The number of hydrogen-bond acceptors (Lipinski definition) is 7. The molecule has 12 heteroatoms. The van der Waals surface area contributed by atoms with Gasteiger partial charge in [-0.15, -0.1) is 0 Å². The number of carbonyl (C=O) groups excluding carboxylic acids is 1. The first-order valence-corrected chi connectivity index (χ1v) is 12.6. The van der Waals surface area contributed by atoms with E-state index < -0.39 is 17.3 Å². The minimum absolute atomic E-state index is 0.0913. The number of nitrogens with one attached hydrogen (secondary N) is 3. The molecule has 9 nitrogen and oxygen atoms in total. The quantitative estimate of drug-likeness (QED) is 0.220. The number of hydrogen-bond donors (Lipinski definition) is 5. The number of amides is 1. The van der Waals surface area contributed by atoms with E-state index in [-0.39, 0.29) is 23.1 Å². The smallest absolute Gasteiger partial charge is 0.260 e. The van der Waals surface area contributed by atoms with Crippen LogP contribution in [-0.4, -0.2) is 53.5 Å². The van der Waals surface area contributed by atoms with Crippen LogP contribution in [0.3, 0.4) is 0 Å². The molecule has 0 unspecified atom stereocenters. The van der Waals surface area contributed by atoms with E-state index >= 15 is 0 Å². The Morgan fingerprint density at radius 1 is 1.11 bits per heavy atom. The van der Waals surface area contributed by atoms with Crippen LogP contribution in [0.25, 0.3) is 11.1 Å². The number of aromatic amines is 1. The summed E-state index contributed by atoms with van der Waals surface area (Å²) in [5.74, 6) is -0.741. The number of aromatic nitrogens is 2. The SMILES string of the molecule is NCCCN(CCCN)Cc1ccc(-c2cnc(NCC(=O)Nc3cccc(Cl)c3Cl)[nH]c2=O)cc1F. The van der Waals surface area contributed by atoms with Gasteiger partial charge in [0.05, 0.1) is 27.8 Å². The summed E-state index contributed by atoms with van der Waals surface area (Å²) in [6.07, 6.45) is 2.94. The van der Waals surface area contributed by atoms with Crippen LogP contribution in [-0.2, 0) is 11.3 Å². The average molecular weight is 550 g/mol. The topological polar surface area (TPSA) is 142 Å². The lowest BCUT2D eigenvalue weighted by Crippen LogP contribution is -2.28. The largest absolute Gasteiger partial charge is 0.347 e. The maximum atomic E-state index is 14.9. The van der Waals surface area contributed by atoms with Gasteiger partial charge in [0, 0.05) is 18.3 Å². The van der Waals surface area contributed by atoms with Crippen molar-refractivity contribution in [2.24, 2.45) is 11.5 Å². The summed E-state index contributed by atoms with van der Waals surface area (Å²) in [6.45, 7) is 2.86. The van der Waals surface area contributed by atoms with E-state index in [1.807, 2.05) is 0 Å². The van der Waals surface area contributed by atoms with E-state index in [0.29, 0.717) is 41.5 Å². The van der Waals surface area contributed by atoms with Crippen LogP contribution in [0.1, 0.15) is 18.4 Å². The van der Waals surface area contributed by atoms with Crippen LogP contribution in [0.5, 0.6) is 0 Å². The van der Waals surface area contributed by atoms with E-state index in [1.165, 1.54) is 12.3 Å². The first-order valence-electron chi connectivity index (χ1n) is 11.8. The molecule has 0 atom stereocenters. The Morgan fingerprint density at radius 2 is 1.84 bits per heavy atom. The Balaban J connectivity index is 1.64. The van der Waals surface area contributed by atoms with Gasteiger partial charge in [0.2, 0.25) is 11.9 Å². The Kier molecular flexibility index (Phi) is 10.8. The Morgan fingerprint density at radius 3 is 2.49 bits per heavy atom. The molecule has 1 amide bonds. The van der Waals surface area contributed by atoms with Gasteiger partial charge in [-0.05, 0) is 62.8 Å². The van der Waals surface area contributed by atoms with E-state index in [1.54, 1.807) is 30.3 Å². The van der Waals surface area contributed by atoms with Gasteiger partial charge in [-0.2, -0.15) is 0 Å². The first-order chi connectivity index (χ1) is 17.8. The summed E-state index contributed by atoms with van der Waals surface area (Å²) in [7, 11) is 0. The molecule has 1 aromatic heterocycles. The number of anilines is 2. The maximum Gasteiger partial charge on any atom is 0.260 e. The molecule has 198 valence electrons. The maximum absolute atomic E-state index is 14.9. The zero-order valence-electron chi connectivity index (χ0n) is 20.2. The predicted octanol–water partition coefficient (Wildman–Crippen LogP) is 3.43. The normalized spacial score (nSPS) is 11.1. The molecule has 0 aliphatic carbocycles. The van der Waals surface area contributed by atoms with Crippen molar-refractivity contribution < 1.29 is 9.18 Å². The highest BCUT2D eigenvalue weighted by atomic mass is 35.5. The molecular weight excluding hydrogens is 520 g/mol. The third-order valence-electron chi connectivity index (χ3n) is 5.56. The van der Waals surface area contributed by atoms with E-state index in [4.69, 9.17) is 34.7 Å². The van der Waals surface area contributed by atoms with Crippen LogP contribution in [0.4, 0.5) is 16.0 Å². The molecular formula is C25H30Cl2FN7O2. The van der Waals surface area contributed by atoms with Gasteiger partial charge in [0.25, 0.3) is 5.56 Å². The van der Waals surface area contributed by atoms with Gasteiger partial charge in [-0.1, -0.05) is 41.4 Å². The average Bonchev–Trinajstić information content (AvgIpc) is 2.88. The van der Waals surface area contributed by atoms with Crippen molar-refractivity contribution in [2.45, 2.75) is 19.4 Å². The zero-order chi connectivity index (χ0) is 26.8. The van der Waals surface area contributed by atoms with E-state index in [2.05, 4.69) is 25.5 Å². The van der Waals surface area contributed by atoms with Crippen LogP contribution in [0.2, 0.25) is 10.0 Å². The van der Waals surface area contributed by atoms with Crippen molar-refractivity contribution in [3.63, 3.8) is 0 Å². The van der Waals surface area contributed by atoms with Gasteiger partial charge < -0.3 is 22.1 Å². The van der Waals surface area contributed by atoms with Gasteiger partial charge in [-0.3, -0.25) is 19.5 Å². The molecule has 37 heavy (non-hydrogen) atoms. The highest BCUT2D eigenvalue weighted by Gasteiger charge is 2.13. The molecule has 3 aromatic rings. The molecule has 0 aliphatic heterocycles. The third-order valence-corrected chi connectivity index (χ3v) is 6.38. The number of H-pyrrole nitrogens is 1. The lowest BCUT2D eigenvalue weighted by molar-refractivity contribution is -0.114. The fourth-order valence-electron chi connectivity index (χ4n) is 3.63. The standard InChI is InChI=1S/C25H30Cl2FN7O2/c26-19-4-1-5-21(23(19)27)33-22(36)14-32-25-31-13-18(24(37)34-25)16-6-7-17(20(28)12-16)15-35(10-2-8-29)11-3-9-30/h1,4-7,12-13H,2-3,8-11,14-15,29-30H2,(H,33,36)(H2,31,32,34,37). The van der Waals surface area contributed by atoms with Crippen LogP contribution < -0.4 is 27.7 Å². The molecule has 0 spiro atoms. The summed E-state index contributed by atoms with van der Waals surface area (Å²) in [5, 5.41) is 5.91. The molecule has 3 rings (SSSR count). The summed E-state index contributed by atoms with van der Waals surface area (Å²) in [6, 6.07) is 9.55.